The Balaban J connectivity index is -0.0000000557. The molecular formula is C7H10N2O4Pt. The molecule has 7 heteroatoms. The van der Waals surface area contributed by atoms with Crippen LogP contribution in [0.25, 0.3) is 0 Å². The predicted octanol–water partition coefficient (Wildman–Crippen LogP) is -2.03. The Morgan fingerprint density at radius 3 is 1.29 bits per heavy atom. The quantitative estimate of drug-likeness (QED) is 0.517. The molecule has 0 aliphatic rings. The van der Waals surface area contributed by atoms with Crippen molar-refractivity contribution in [2.75, 3.05) is 0 Å². The van der Waals surface area contributed by atoms with Crippen LogP contribution in [0.1, 0.15) is 0 Å². The van der Waals surface area contributed by atoms with Crippen LogP contribution < -0.4 is 16.4 Å². The Morgan fingerprint density at radius 2 is 1.21 bits per heavy atom. The summed E-state index contributed by atoms with van der Waals surface area (Å²) in [5.41, 5.74) is 0. The zero-order chi connectivity index (χ0) is 9.66. The first kappa shape index (κ1) is 23.0. The molecule has 0 aromatic carbocycles. The number of pyridine rings is 1. The van der Waals surface area contributed by atoms with Crippen LogP contribution in [0, 0.1) is 0 Å². The Labute approximate surface area is 95.8 Å². The number of rotatable bonds is 0. The van der Waals surface area contributed by atoms with Crippen LogP contribution in [-0.2, 0) is 30.7 Å². The summed E-state index contributed by atoms with van der Waals surface area (Å²) in [6.07, 6.45) is 3.50. The van der Waals surface area contributed by atoms with Gasteiger partial charge in [-0.15, -0.1) is 0 Å². The second kappa shape index (κ2) is 29.8. The Hall–Kier alpha value is -1.26. The van der Waals surface area contributed by atoms with Gasteiger partial charge in [0.25, 0.3) is 0 Å². The van der Waals surface area contributed by atoms with E-state index in [9.17, 15) is 0 Å². The molecule has 0 aliphatic heterocycles. The first-order valence-corrected chi connectivity index (χ1v) is 2.79. The molecule has 0 saturated heterocycles. The summed E-state index contributed by atoms with van der Waals surface area (Å²) in [6, 6.07) is 5.72. The maximum atomic E-state index is 8.25. The molecule has 3 N–H and O–H groups in total. The van der Waals surface area contributed by atoms with Crippen LogP contribution >= 0.6 is 0 Å². The van der Waals surface area contributed by atoms with Crippen molar-refractivity contribution in [2.45, 2.75) is 0 Å². The third kappa shape index (κ3) is 45.4. The van der Waals surface area contributed by atoms with E-state index in [4.69, 9.17) is 19.8 Å². The van der Waals surface area contributed by atoms with E-state index >= 15 is 0 Å². The molecule has 6 nitrogen and oxygen atoms in total. The van der Waals surface area contributed by atoms with Crippen molar-refractivity contribution in [3.05, 3.63) is 30.6 Å². The molecular weight excluding hydrogens is 371 g/mol. The van der Waals surface area contributed by atoms with Crippen LogP contribution in [0.2, 0.25) is 0 Å². The number of nitrogens with zero attached hydrogens (tertiary/aromatic N) is 1. The van der Waals surface area contributed by atoms with Gasteiger partial charge < -0.3 is 26.0 Å². The molecule has 0 spiro atoms. The monoisotopic (exact) mass is 381 g/mol. The van der Waals surface area contributed by atoms with E-state index in [0.29, 0.717) is 0 Å². The summed E-state index contributed by atoms with van der Waals surface area (Å²) in [6.45, 7) is -1.00. The maximum Gasteiger partial charge on any atom is 2.00 e. The molecule has 1 heterocycles. The van der Waals surface area contributed by atoms with E-state index in [0.717, 1.165) is 0 Å². The Kier molecular flexibility index (Phi) is 48.9. The molecule has 0 atom stereocenters. The van der Waals surface area contributed by atoms with E-state index in [1.54, 1.807) is 12.4 Å². The molecule has 0 radical (unpaired) electrons. The predicted molar refractivity (Wildman–Crippen MR) is 41.4 cm³/mol. The first-order valence-electron chi connectivity index (χ1n) is 2.79. The van der Waals surface area contributed by atoms with Crippen LogP contribution in [0.3, 0.4) is 0 Å². The van der Waals surface area contributed by atoms with Gasteiger partial charge in [-0.1, -0.05) is 6.07 Å². The number of hydrogen-bond acceptors (Lipinski definition) is 6. The van der Waals surface area contributed by atoms with Crippen LogP contribution in [0.15, 0.2) is 30.6 Å². The van der Waals surface area contributed by atoms with Crippen molar-refractivity contribution in [3.8, 4) is 0 Å². The zero-order valence-electron chi connectivity index (χ0n) is 7.14. The molecule has 82 valence electrons. The van der Waals surface area contributed by atoms with Gasteiger partial charge in [-0.25, -0.2) is 0 Å². The van der Waals surface area contributed by atoms with Gasteiger partial charge in [0.15, 0.2) is 0 Å². The molecule has 14 heavy (non-hydrogen) atoms. The fourth-order valence-electron chi connectivity index (χ4n) is 0.313. The average Bonchev–Trinajstić information content (AvgIpc) is 2.10. The molecule has 0 amide bonds. The minimum absolute atomic E-state index is 0. The largest absolute Gasteiger partial charge is 2.00 e. The molecule has 0 fully saturated rings. The van der Waals surface area contributed by atoms with E-state index < -0.39 is 12.9 Å². The molecule has 0 unspecified atom stereocenters. The number of carboxylic acid groups (broad SMARTS) is 2. The number of carbonyl (C=O) groups is 2. The van der Waals surface area contributed by atoms with E-state index in [1.807, 2.05) is 18.2 Å². The van der Waals surface area contributed by atoms with Crippen molar-refractivity contribution in [2.24, 2.45) is 0 Å². The molecule has 1 aromatic heterocycles. The van der Waals surface area contributed by atoms with Gasteiger partial charge in [0.2, 0.25) is 0 Å². The summed E-state index contributed by atoms with van der Waals surface area (Å²) < 4.78 is 0. The zero-order valence-corrected chi connectivity index (χ0v) is 9.42. The molecule has 0 aliphatic carbocycles. The van der Waals surface area contributed by atoms with Gasteiger partial charge in [0.1, 0.15) is 0 Å². The van der Waals surface area contributed by atoms with Crippen molar-refractivity contribution in [1.29, 1.82) is 0 Å². The first-order chi connectivity index (χ1) is 5.83. The summed E-state index contributed by atoms with van der Waals surface area (Å²) in [5.74, 6) is 0. The van der Waals surface area contributed by atoms with Crippen LogP contribution in [0.5, 0.6) is 0 Å². The standard InChI is InChI=1S/C5H5N.2CH2O2.H3N.Pt/c1-2-4-6-5-3-1;2*2-1-3;;/h1-5H;2*1H,(H,2,3);1H3;/q;;;;+2/p-2. The fourth-order valence-corrected chi connectivity index (χ4v) is 0.313. The van der Waals surface area contributed by atoms with Gasteiger partial charge in [0, 0.05) is 25.3 Å². The van der Waals surface area contributed by atoms with Crippen molar-refractivity contribution in [3.63, 3.8) is 0 Å². The smallest absolute Gasteiger partial charge is 0.554 e. The van der Waals surface area contributed by atoms with Gasteiger partial charge in [-0.3, -0.25) is 4.98 Å². The van der Waals surface area contributed by atoms with Crippen LogP contribution in [-0.4, -0.2) is 17.9 Å². The number of carbonyl (C=O) groups excluding carboxylic acids is 2. The summed E-state index contributed by atoms with van der Waals surface area (Å²) in [5, 5.41) is 16.5. The van der Waals surface area contributed by atoms with Crippen molar-refractivity contribution >= 4 is 12.9 Å². The Morgan fingerprint density at radius 1 is 0.929 bits per heavy atom. The summed E-state index contributed by atoms with van der Waals surface area (Å²) >= 11 is 0. The van der Waals surface area contributed by atoms with E-state index in [2.05, 4.69) is 4.98 Å². The molecule has 1 rings (SSSR count). The maximum absolute atomic E-state index is 8.25. The second-order valence-corrected chi connectivity index (χ2v) is 1.22. The topological polar surface area (TPSA) is 128 Å². The van der Waals surface area contributed by atoms with Crippen molar-refractivity contribution in [1.82, 2.24) is 11.1 Å². The second-order valence-electron chi connectivity index (χ2n) is 1.22. The third-order valence-electron chi connectivity index (χ3n) is 0.566. The fraction of sp³-hybridized carbons (Fsp3) is 0. The average molecular weight is 381 g/mol. The Bertz CT molecular complexity index is 154. The third-order valence-corrected chi connectivity index (χ3v) is 0.566. The van der Waals surface area contributed by atoms with E-state index in [1.165, 1.54) is 0 Å². The normalized spacial score (nSPS) is 5.14. The number of hydrogen-bond donors (Lipinski definition) is 1. The minimum atomic E-state index is -0.500. The minimum Gasteiger partial charge on any atom is -0.554 e. The molecule has 1 aromatic rings. The van der Waals surface area contributed by atoms with Crippen LogP contribution in [0.4, 0.5) is 0 Å². The van der Waals surface area contributed by atoms with Crippen molar-refractivity contribution < 1.29 is 40.9 Å². The van der Waals surface area contributed by atoms with E-state index in [-0.39, 0.29) is 27.2 Å². The SMILES string of the molecule is N.O=C[O-].O=C[O-].[Pt+2].c1ccncc1. The van der Waals surface area contributed by atoms with Gasteiger partial charge >= 0.3 is 21.1 Å². The molecule has 0 saturated carbocycles. The van der Waals surface area contributed by atoms with Gasteiger partial charge in [-0.2, -0.15) is 0 Å². The number of aromatic nitrogens is 1. The summed E-state index contributed by atoms with van der Waals surface area (Å²) in [4.78, 5) is 20.3. The molecule has 0 bridgehead atoms. The van der Waals surface area contributed by atoms with Gasteiger partial charge in [-0.05, 0) is 12.1 Å². The van der Waals surface area contributed by atoms with Gasteiger partial charge in [0.05, 0.1) is 0 Å². The summed E-state index contributed by atoms with van der Waals surface area (Å²) in [7, 11) is 0.